The predicted molar refractivity (Wildman–Crippen MR) is 132 cm³/mol. The highest BCUT2D eigenvalue weighted by Crippen LogP contribution is 2.28. The average Bonchev–Trinajstić information content (AvgIpc) is 2.76. The second-order valence-electron chi connectivity index (χ2n) is 9.44. The zero-order chi connectivity index (χ0) is 25.5. The number of hydrogen-bond donors (Lipinski definition) is 1. The van der Waals surface area contributed by atoms with E-state index in [0.29, 0.717) is 28.9 Å². The summed E-state index contributed by atoms with van der Waals surface area (Å²) in [6, 6.07) is 5.02. The van der Waals surface area contributed by atoms with Crippen molar-refractivity contribution in [2.24, 2.45) is 0 Å². The zero-order valence-electron chi connectivity index (χ0n) is 20.9. The van der Waals surface area contributed by atoms with Crippen LogP contribution >= 0.6 is 15.9 Å². The normalized spacial score (nSPS) is 16.1. The van der Waals surface area contributed by atoms with Gasteiger partial charge >= 0.3 is 12.2 Å². The number of methoxy groups -OCH3 is 1. The third kappa shape index (κ3) is 8.07. The van der Waals surface area contributed by atoms with Gasteiger partial charge in [0.2, 0.25) is 0 Å². The molecule has 0 aliphatic carbocycles. The van der Waals surface area contributed by atoms with Crippen LogP contribution in [0.4, 0.5) is 9.59 Å². The van der Waals surface area contributed by atoms with Gasteiger partial charge in [0.25, 0.3) is 5.91 Å². The first-order valence-electron chi connectivity index (χ1n) is 11.5. The van der Waals surface area contributed by atoms with E-state index >= 15 is 0 Å². The molecule has 0 spiro atoms. The highest BCUT2D eigenvalue weighted by Gasteiger charge is 2.34. The molecule has 0 saturated carbocycles. The van der Waals surface area contributed by atoms with Crippen LogP contribution in [0.3, 0.4) is 0 Å². The van der Waals surface area contributed by atoms with Crippen LogP contribution in [-0.4, -0.2) is 78.9 Å². The van der Waals surface area contributed by atoms with Gasteiger partial charge in [-0.2, -0.15) is 0 Å². The van der Waals surface area contributed by atoms with Crippen LogP contribution < -0.4 is 10.1 Å². The molecule has 9 nitrogen and oxygen atoms in total. The summed E-state index contributed by atoms with van der Waals surface area (Å²) < 4.78 is 16.5. The van der Waals surface area contributed by atoms with E-state index in [-0.39, 0.29) is 37.2 Å². The Morgan fingerprint density at radius 3 is 2.59 bits per heavy atom. The summed E-state index contributed by atoms with van der Waals surface area (Å²) >= 11 is 3.44. The van der Waals surface area contributed by atoms with Crippen LogP contribution in [0.1, 0.15) is 57.8 Å². The first-order chi connectivity index (χ1) is 15.9. The molecule has 0 radical (unpaired) electrons. The lowest BCUT2D eigenvalue weighted by atomic mass is 10.0. The van der Waals surface area contributed by atoms with E-state index < -0.39 is 11.7 Å². The fourth-order valence-electron chi connectivity index (χ4n) is 3.78. The number of benzene rings is 1. The molecule has 3 amide bonds. The van der Waals surface area contributed by atoms with Crippen molar-refractivity contribution in [2.75, 3.05) is 33.4 Å². The number of rotatable bonds is 7. The number of hydrogen-bond acceptors (Lipinski definition) is 6. The Balaban J connectivity index is 2.13. The third-order valence-electron chi connectivity index (χ3n) is 5.22. The minimum absolute atomic E-state index is 0.0617. The maximum Gasteiger partial charge on any atom is 0.410 e. The maximum absolute atomic E-state index is 13.6. The molecule has 1 N–H and O–H groups in total. The van der Waals surface area contributed by atoms with Gasteiger partial charge in [0.1, 0.15) is 18.0 Å². The molecule has 1 aromatic carbocycles. The zero-order valence-corrected chi connectivity index (χ0v) is 22.4. The van der Waals surface area contributed by atoms with Gasteiger partial charge in [-0.05, 0) is 81.6 Å². The Morgan fingerprint density at radius 1 is 1.26 bits per heavy atom. The molecule has 1 atom stereocenters. The van der Waals surface area contributed by atoms with E-state index in [9.17, 15) is 14.4 Å². The first-order valence-corrected chi connectivity index (χ1v) is 12.3. The van der Waals surface area contributed by atoms with Gasteiger partial charge < -0.3 is 29.3 Å². The number of piperidine rings is 1. The average molecular weight is 542 g/mol. The minimum Gasteiger partial charge on any atom is -0.491 e. The van der Waals surface area contributed by atoms with Gasteiger partial charge in [-0.3, -0.25) is 4.79 Å². The molecule has 0 aromatic heterocycles. The fourth-order valence-corrected chi connectivity index (χ4v) is 4.14. The summed E-state index contributed by atoms with van der Waals surface area (Å²) in [5.74, 6) is 0.372. The summed E-state index contributed by atoms with van der Waals surface area (Å²) in [6.07, 6.45) is 0.713. The number of amides is 3. The van der Waals surface area contributed by atoms with E-state index in [0.717, 1.165) is 12.8 Å². The first kappa shape index (κ1) is 27.8. The third-order valence-corrected chi connectivity index (χ3v) is 5.88. The molecule has 1 aliphatic rings. The molecule has 1 aromatic rings. The monoisotopic (exact) mass is 541 g/mol. The van der Waals surface area contributed by atoms with Crippen LogP contribution in [0.5, 0.6) is 5.75 Å². The fraction of sp³-hybridized carbons (Fsp3) is 0.625. The second kappa shape index (κ2) is 12.3. The maximum atomic E-state index is 13.6. The van der Waals surface area contributed by atoms with Crippen molar-refractivity contribution in [3.63, 3.8) is 0 Å². The van der Waals surface area contributed by atoms with Crippen molar-refractivity contribution in [3.8, 4) is 5.75 Å². The summed E-state index contributed by atoms with van der Waals surface area (Å²) in [7, 11) is 1.29. The lowest BCUT2D eigenvalue weighted by Crippen LogP contribution is -2.54. The number of nitrogens with one attached hydrogen (secondary N) is 1. The lowest BCUT2D eigenvalue weighted by Gasteiger charge is -2.41. The Bertz CT molecular complexity index is 871. The molecule has 1 heterocycles. The smallest absolute Gasteiger partial charge is 0.410 e. The number of likely N-dealkylation sites (tertiary alicyclic amines) is 1. The molecule has 1 saturated heterocycles. The van der Waals surface area contributed by atoms with E-state index in [1.807, 2.05) is 39.5 Å². The number of carbonyl (C=O) groups is 3. The highest BCUT2D eigenvalue weighted by atomic mass is 79.9. The molecule has 190 valence electrons. The SMILES string of the molecule is COC(=O)NCCOc1cc(C(=O)N(C(C)C)[C@@H]2CCCN(C(=O)OC(C)(C)C)C2)ccc1Br. The van der Waals surface area contributed by atoms with Gasteiger partial charge in [0.05, 0.1) is 24.2 Å². The highest BCUT2D eigenvalue weighted by molar-refractivity contribution is 9.10. The van der Waals surface area contributed by atoms with Gasteiger partial charge in [-0.1, -0.05) is 0 Å². The number of carbonyl (C=O) groups excluding carboxylic acids is 3. The second-order valence-corrected chi connectivity index (χ2v) is 10.3. The Hall–Kier alpha value is -2.49. The molecule has 1 fully saturated rings. The van der Waals surface area contributed by atoms with Crippen molar-refractivity contribution >= 4 is 34.0 Å². The van der Waals surface area contributed by atoms with Crippen molar-refractivity contribution in [1.82, 2.24) is 15.1 Å². The Kier molecular flexibility index (Phi) is 10.0. The number of ether oxygens (including phenoxy) is 3. The molecular weight excluding hydrogens is 506 g/mol. The lowest BCUT2D eigenvalue weighted by molar-refractivity contribution is 0.00752. The number of nitrogens with zero attached hydrogens (tertiary/aromatic N) is 2. The van der Waals surface area contributed by atoms with Gasteiger partial charge in [0.15, 0.2) is 0 Å². The molecule has 2 rings (SSSR count). The summed E-state index contributed by atoms with van der Waals surface area (Å²) in [4.78, 5) is 40.9. The van der Waals surface area contributed by atoms with Crippen LogP contribution in [0, 0.1) is 0 Å². The molecule has 1 aliphatic heterocycles. The topological polar surface area (TPSA) is 97.4 Å². The Morgan fingerprint density at radius 2 is 1.97 bits per heavy atom. The molecule has 0 unspecified atom stereocenters. The van der Waals surface area contributed by atoms with Crippen LogP contribution in [0.25, 0.3) is 0 Å². The molecular formula is C24H36BrN3O6. The minimum atomic E-state index is -0.572. The van der Waals surface area contributed by atoms with E-state index in [1.165, 1.54) is 7.11 Å². The van der Waals surface area contributed by atoms with Gasteiger partial charge in [-0.15, -0.1) is 0 Å². The number of alkyl carbamates (subject to hydrolysis) is 1. The predicted octanol–water partition coefficient (Wildman–Crippen LogP) is 4.43. The van der Waals surface area contributed by atoms with Crippen LogP contribution in [-0.2, 0) is 9.47 Å². The van der Waals surface area contributed by atoms with Crippen LogP contribution in [0.2, 0.25) is 0 Å². The number of halogens is 1. The molecule has 0 bridgehead atoms. The van der Waals surface area contributed by atoms with Crippen molar-refractivity contribution in [3.05, 3.63) is 28.2 Å². The van der Waals surface area contributed by atoms with Crippen molar-refractivity contribution in [2.45, 2.75) is 65.1 Å². The van der Waals surface area contributed by atoms with E-state index in [1.54, 1.807) is 23.1 Å². The van der Waals surface area contributed by atoms with Gasteiger partial charge in [0, 0.05) is 24.7 Å². The Labute approximate surface area is 210 Å². The largest absolute Gasteiger partial charge is 0.491 e. The van der Waals surface area contributed by atoms with Crippen LogP contribution in [0.15, 0.2) is 22.7 Å². The quantitative estimate of drug-likeness (QED) is 0.512. The summed E-state index contributed by atoms with van der Waals surface area (Å²) in [5.41, 5.74) is -0.0835. The summed E-state index contributed by atoms with van der Waals surface area (Å²) in [5, 5.41) is 2.54. The van der Waals surface area contributed by atoms with Gasteiger partial charge in [-0.25, -0.2) is 9.59 Å². The molecule has 10 heteroatoms. The van der Waals surface area contributed by atoms with E-state index in [4.69, 9.17) is 9.47 Å². The van der Waals surface area contributed by atoms with E-state index in [2.05, 4.69) is 26.0 Å². The van der Waals surface area contributed by atoms with Crippen molar-refractivity contribution < 1.29 is 28.6 Å². The van der Waals surface area contributed by atoms with Crippen molar-refractivity contribution in [1.29, 1.82) is 0 Å². The molecule has 34 heavy (non-hydrogen) atoms. The summed E-state index contributed by atoms with van der Waals surface area (Å²) in [6.45, 7) is 11.0. The standard InChI is InChI=1S/C24H36BrN3O6/c1-16(2)28(18-8-7-12-27(15-18)23(31)34-24(3,4)5)21(29)17-9-10-19(25)20(14-17)33-13-11-26-22(30)32-6/h9-10,14,16,18H,7-8,11-13,15H2,1-6H3,(H,26,30)/t18-/m1/s1.